The van der Waals surface area contributed by atoms with E-state index < -0.39 is 0 Å². The fourth-order valence-electron chi connectivity index (χ4n) is 2.59. The summed E-state index contributed by atoms with van der Waals surface area (Å²) in [7, 11) is 0. The van der Waals surface area contributed by atoms with Gasteiger partial charge in [-0.3, -0.25) is 4.79 Å². The van der Waals surface area contributed by atoms with Gasteiger partial charge in [0.05, 0.1) is 0 Å². The molecule has 0 aromatic heterocycles. The highest BCUT2D eigenvalue weighted by Gasteiger charge is 2.14. The molecule has 4 nitrogen and oxygen atoms in total. The number of rotatable bonds is 6. The Labute approximate surface area is 136 Å². The van der Waals surface area contributed by atoms with Crippen molar-refractivity contribution in [1.82, 2.24) is 5.32 Å². The average molecular weight is 311 g/mol. The topological polar surface area (TPSA) is 47.6 Å². The van der Waals surface area contributed by atoms with Crippen molar-refractivity contribution in [1.29, 1.82) is 0 Å². The Morgan fingerprint density at radius 2 is 1.65 bits per heavy atom. The monoisotopic (exact) mass is 311 g/mol. The third-order valence-corrected chi connectivity index (χ3v) is 3.93. The molecule has 1 saturated heterocycles. The maximum atomic E-state index is 11.3. The highest BCUT2D eigenvalue weighted by Crippen LogP contribution is 2.24. The number of Topliss-reactive ketones (excluding diaryl/α,β-unsaturated/α-hetero) is 1. The van der Waals surface area contributed by atoms with Gasteiger partial charge in [0.25, 0.3) is 0 Å². The maximum Gasteiger partial charge on any atom is 0.159 e. The molecule has 0 saturated carbocycles. The third-order valence-electron chi connectivity index (χ3n) is 3.93. The molecular weight excluding hydrogens is 290 g/mol. The van der Waals surface area contributed by atoms with Crippen LogP contribution in [0.2, 0.25) is 0 Å². The zero-order chi connectivity index (χ0) is 16.1. The summed E-state index contributed by atoms with van der Waals surface area (Å²) in [4.78, 5) is 11.3. The molecule has 23 heavy (non-hydrogen) atoms. The number of hydrogen-bond donors (Lipinski definition) is 1. The minimum atomic E-state index is 0.0507. The second-order valence-electron chi connectivity index (χ2n) is 5.76. The zero-order valence-electron chi connectivity index (χ0n) is 13.2. The average Bonchev–Trinajstić information content (AvgIpc) is 3.08. The molecule has 0 aliphatic carbocycles. The Morgan fingerprint density at radius 3 is 2.22 bits per heavy atom. The van der Waals surface area contributed by atoms with E-state index in [0.717, 1.165) is 18.0 Å². The van der Waals surface area contributed by atoms with Crippen molar-refractivity contribution in [3.05, 3.63) is 54.1 Å². The van der Waals surface area contributed by atoms with Gasteiger partial charge in [-0.05, 0) is 74.8 Å². The lowest BCUT2D eigenvalue weighted by Gasteiger charge is -2.12. The Morgan fingerprint density at radius 1 is 1.04 bits per heavy atom. The van der Waals surface area contributed by atoms with Crippen molar-refractivity contribution in [2.45, 2.75) is 25.8 Å². The molecule has 120 valence electrons. The number of nitrogens with one attached hydrogen (secondary N) is 1. The first kappa shape index (κ1) is 15.6. The summed E-state index contributed by atoms with van der Waals surface area (Å²) in [5, 5.41) is 3.41. The van der Waals surface area contributed by atoms with Crippen LogP contribution < -0.4 is 14.8 Å². The summed E-state index contributed by atoms with van der Waals surface area (Å²) in [6.45, 7) is 3.34. The second-order valence-corrected chi connectivity index (χ2v) is 5.76. The molecule has 1 heterocycles. The van der Waals surface area contributed by atoms with Crippen LogP contribution in [0.5, 0.6) is 17.2 Å². The number of benzene rings is 2. The number of ketones is 1. The lowest BCUT2D eigenvalue weighted by atomic mass is 10.1. The molecule has 4 heteroatoms. The first-order chi connectivity index (χ1) is 11.2. The molecular formula is C19H21NO3. The molecule has 0 radical (unpaired) electrons. The van der Waals surface area contributed by atoms with Crippen molar-refractivity contribution >= 4 is 5.78 Å². The van der Waals surface area contributed by atoms with Crippen LogP contribution in [0.25, 0.3) is 0 Å². The molecule has 0 bridgehead atoms. The van der Waals surface area contributed by atoms with Crippen LogP contribution in [0.1, 0.15) is 30.1 Å². The van der Waals surface area contributed by atoms with Crippen molar-refractivity contribution < 1.29 is 14.3 Å². The van der Waals surface area contributed by atoms with Gasteiger partial charge < -0.3 is 14.8 Å². The van der Waals surface area contributed by atoms with Crippen LogP contribution in [-0.2, 0) is 0 Å². The highest BCUT2D eigenvalue weighted by atomic mass is 16.5. The fourth-order valence-corrected chi connectivity index (χ4v) is 2.59. The molecule has 1 atom stereocenters. The number of carbonyl (C=O) groups is 1. The van der Waals surface area contributed by atoms with Crippen molar-refractivity contribution in [3.8, 4) is 17.2 Å². The van der Waals surface area contributed by atoms with E-state index in [9.17, 15) is 4.79 Å². The molecule has 2 aromatic rings. The van der Waals surface area contributed by atoms with E-state index >= 15 is 0 Å². The molecule has 1 aliphatic heterocycles. The van der Waals surface area contributed by atoms with Gasteiger partial charge in [-0.25, -0.2) is 0 Å². The second kappa shape index (κ2) is 7.29. The van der Waals surface area contributed by atoms with Crippen LogP contribution in [0.3, 0.4) is 0 Å². The smallest absolute Gasteiger partial charge is 0.159 e. The highest BCUT2D eigenvalue weighted by molar-refractivity contribution is 5.94. The van der Waals surface area contributed by atoms with E-state index in [-0.39, 0.29) is 5.78 Å². The molecule has 3 rings (SSSR count). The number of hydrogen-bond acceptors (Lipinski definition) is 4. The van der Waals surface area contributed by atoms with Gasteiger partial charge in [0.15, 0.2) is 5.78 Å². The van der Waals surface area contributed by atoms with Gasteiger partial charge >= 0.3 is 0 Å². The number of ether oxygens (including phenoxy) is 2. The molecule has 1 N–H and O–H groups in total. The molecule has 0 amide bonds. The Kier molecular flexibility index (Phi) is 4.93. The van der Waals surface area contributed by atoms with E-state index in [2.05, 4.69) is 5.32 Å². The van der Waals surface area contributed by atoms with E-state index in [0.29, 0.717) is 24.0 Å². The quantitative estimate of drug-likeness (QED) is 0.824. The summed E-state index contributed by atoms with van der Waals surface area (Å²) in [5.41, 5.74) is 0.682. The molecule has 2 aromatic carbocycles. The molecule has 0 spiro atoms. The first-order valence-corrected chi connectivity index (χ1v) is 7.96. The Hall–Kier alpha value is -2.33. The van der Waals surface area contributed by atoms with Gasteiger partial charge in [0.1, 0.15) is 23.9 Å². The standard InChI is InChI=1S/C19H21NO3/c1-14(21)15-4-6-18(7-5-15)23-19-10-8-17(9-11-19)22-13-16-3-2-12-20-16/h4-11,16,20H,2-3,12-13H2,1H3. The van der Waals surface area contributed by atoms with Crippen LogP contribution in [0.4, 0.5) is 0 Å². The maximum absolute atomic E-state index is 11.3. The van der Waals surface area contributed by atoms with Gasteiger partial charge in [-0.2, -0.15) is 0 Å². The predicted molar refractivity (Wildman–Crippen MR) is 89.5 cm³/mol. The van der Waals surface area contributed by atoms with E-state index in [1.165, 1.54) is 12.8 Å². The third kappa shape index (κ3) is 4.33. The molecule has 1 aliphatic rings. The normalized spacial score (nSPS) is 17.0. The molecule has 1 fully saturated rings. The lowest BCUT2D eigenvalue weighted by Crippen LogP contribution is -2.28. The molecule has 1 unspecified atom stereocenters. The fraction of sp³-hybridized carbons (Fsp3) is 0.316. The van der Waals surface area contributed by atoms with E-state index in [1.807, 2.05) is 24.3 Å². The van der Waals surface area contributed by atoms with Gasteiger partial charge in [-0.1, -0.05) is 0 Å². The summed E-state index contributed by atoms with van der Waals surface area (Å²) in [5.74, 6) is 2.35. The Balaban J connectivity index is 1.55. The van der Waals surface area contributed by atoms with Crippen molar-refractivity contribution in [2.75, 3.05) is 13.2 Å². The summed E-state index contributed by atoms with van der Waals surface area (Å²) in [6, 6.07) is 15.2. The van der Waals surface area contributed by atoms with E-state index in [1.54, 1.807) is 31.2 Å². The SMILES string of the molecule is CC(=O)c1ccc(Oc2ccc(OCC3CCCN3)cc2)cc1. The lowest BCUT2D eigenvalue weighted by molar-refractivity contribution is 0.101. The van der Waals surface area contributed by atoms with Gasteiger partial charge in [0, 0.05) is 11.6 Å². The zero-order valence-corrected chi connectivity index (χ0v) is 13.2. The van der Waals surface area contributed by atoms with Crippen LogP contribution in [0, 0.1) is 0 Å². The van der Waals surface area contributed by atoms with Crippen LogP contribution in [0.15, 0.2) is 48.5 Å². The van der Waals surface area contributed by atoms with Crippen LogP contribution >= 0.6 is 0 Å². The van der Waals surface area contributed by atoms with Crippen LogP contribution in [-0.4, -0.2) is 25.0 Å². The summed E-state index contributed by atoms with van der Waals surface area (Å²) in [6.07, 6.45) is 2.40. The van der Waals surface area contributed by atoms with Gasteiger partial charge in [-0.15, -0.1) is 0 Å². The van der Waals surface area contributed by atoms with E-state index in [4.69, 9.17) is 9.47 Å². The predicted octanol–water partition coefficient (Wildman–Crippen LogP) is 3.81. The minimum absolute atomic E-state index is 0.0507. The van der Waals surface area contributed by atoms with Crippen molar-refractivity contribution in [2.24, 2.45) is 0 Å². The van der Waals surface area contributed by atoms with Gasteiger partial charge in [0.2, 0.25) is 0 Å². The summed E-state index contributed by atoms with van der Waals surface area (Å²) < 4.78 is 11.5. The first-order valence-electron chi connectivity index (χ1n) is 7.96. The Bertz CT molecular complexity index is 643. The van der Waals surface area contributed by atoms with Crippen molar-refractivity contribution in [3.63, 3.8) is 0 Å². The largest absolute Gasteiger partial charge is 0.492 e. The minimum Gasteiger partial charge on any atom is -0.492 e. The summed E-state index contributed by atoms with van der Waals surface area (Å²) >= 11 is 0. The number of carbonyl (C=O) groups excluding carboxylic acids is 1.